The number of benzene rings is 1. The molecule has 0 radical (unpaired) electrons. The molecule has 1 N–H and O–H groups in total. The molecule has 0 aromatic heterocycles. The third kappa shape index (κ3) is 1.50. The van der Waals surface area contributed by atoms with Gasteiger partial charge in [-0.1, -0.05) is 0 Å². The highest BCUT2D eigenvalue weighted by Gasteiger charge is 2.22. The molecule has 0 saturated heterocycles. The average molecular weight is 219 g/mol. The maximum absolute atomic E-state index is 11.6. The van der Waals surface area contributed by atoms with Crippen molar-refractivity contribution in [2.45, 2.75) is 25.8 Å². The van der Waals surface area contributed by atoms with Crippen LogP contribution in [0.15, 0.2) is 12.1 Å². The molecule has 1 aromatic rings. The Kier molecular flexibility index (Phi) is 2.02. The predicted molar refractivity (Wildman–Crippen MR) is 57.6 cm³/mol. The average Bonchev–Trinajstić information content (AvgIpc) is 2.58. The molecule has 0 aliphatic carbocycles. The molecule has 2 aliphatic heterocycles. The summed E-state index contributed by atoms with van der Waals surface area (Å²) in [4.78, 5) is 11.6. The van der Waals surface area contributed by atoms with Crippen LogP contribution in [0, 0.1) is 0 Å². The molecule has 1 aromatic carbocycles. The number of amides is 1. The van der Waals surface area contributed by atoms with Gasteiger partial charge < -0.3 is 14.8 Å². The fourth-order valence-corrected chi connectivity index (χ4v) is 2.26. The van der Waals surface area contributed by atoms with Crippen molar-refractivity contribution in [2.75, 3.05) is 6.79 Å². The molecule has 2 heterocycles. The van der Waals surface area contributed by atoms with Crippen LogP contribution in [0.25, 0.3) is 0 Å². The maximum atomic E-state index is 11.6. The zero-order chi connectivity index (χ0) is 11.1. The fourth-order valence-electron chi connectivity index (χ4n) is 2.26. The van der Waals surface area contributed by atoms with E-state index in [4.69, 9.17) is 9.47 Å². The van der Waals surface area contributed by atoms with Crippen LogP contribution in [0.1, 0.15) is 18.1 Å². The summed E-state index contributed by atoms with van der Waals surface area (Å²) >= 11 is 0. The number of ether oxygens (including phenoxy) is 2. The van der Waals surface area contributed by atoms with E-state index in [9.17, 15) is 4.79 Å². The highest BCUT2D eigenvalue weighted by Crippen LogP contribution is 2.35. The van der Waals surface area contributed by atoms with E-state index < -0.39 is 0 Å². The summed E-state index contributed by atoms with van der Waals surface area (Å²) in [5.41, 5.74) is 2.22. The summed E-state index contributed by atoms with van der Waals surface area (Å²) in [7, 11) is 0. The number of fused-ring (bicyclic) bond motifs is 2. The van der Waals surface area contributed by atoms with Gasteiger partial charge in [0.05, 0.1) is 6.42 Å². The summed E-state index contributed by atoms with van der Waals surface area (Å²) in [5.74, 6) is 1.62. The Bertz CT molecular complexity index is 456. The van der Waals surface area contributed by atoms with Gasteiger partial charge in [-0.3, -0.25) is 4.79 Å². The van der Waals surface area contributed by atoms with Crippen LogP contribution in [0.4, 0.5) is 0 Å². The molecule has 1 unspecified atom stereocenters. The number of carbonyl (C=O) groups excluding carboxylic acids is 1. The molecule has 4 heteroatoms. The highest BCUT2D eigenvalue weighted by atomic mass is 16.7. The van der Waals surface area contributed by atoms with Crippen molar-refractivity contribution in [1.82, 2.24) is 5.32 Å². The Labute approximate surface area is 93.5 Å². The molecule has 1 atom stereocenters. The molecule has 0 fully saturated rings. The number of rotatable bonds is 0. The maximum Gasteiger partial charge on any atom is 0.231 e. The predicted octanol–water partition coefficient (Wildman–Crippen LogP) is 1.02. The normalized spacial score (nSPS) is 22.3. The van der Waals surface area contributed by atoms with E-state index in [1.165, 1.54) is 5.56 Å². The lowest BCUT2D eigenvalue weighted by molar-refractivity contribution is -0.120. The number of hydrogen-bond donors (Lipinski definition) is 1. The van der Waals surface area contributed by atoms with Gasteiger partial charge in [0.15, 0.2) is 11.5 Å². The van der Waals surface area contributed by atoms with Crippen molar-refractivity contribution in [3.63, 3.8) is 0 Å². The molecule has 3 rings (SSSR count). The second-order valence-corrected chi connectivity index (χ2v) is 4.32. The van der Waals surface area contributed by atoms with Gasteiger partial charge in [-0.25, -0.2) is 0 Å². The fraction of sp³-hybridized carbons (Fsp3) is 0.417. The zero-order valence-corrected chi connectivity index (χ0v) is 9.08. The highest BCUT2D eigenvalue weighted by molar-refractivity contribution is 5.80. The van der Waals surface area contributed by atoms with Crippen LogP contribution in [0.2, 0.25) is 0 Å². The minimum absolute atomic E-state index is 0.0742. The quantitative estimate of drug-likeness (QED) is 0.708. The zero-order valence-electron chi connectivity index (χ0n) is 9.08. The van der Waals surface area contributed by atoms with Crippen LogP contribution < -0.4 is 14.8 Å². The number of nitrogens with one attached hydrogen (secondary N) is 1. The van der Waals surface area contributed by atoms with Crippen LogP contribution in [-0.2, 0) is 17.6 Å². The van der Waals surface area contributed by atoms with E-state index in [-0.39, 0.29) is 18.7 Å². The van der Waals surface area contributed by atoms with Gasteiger partial charge in [-0.05, 0) is 36.6 Å². The Balaban J connectivity index is 2.06. The second kappa shape index (κ2) is 3.40. The first kappa shape index (κ1) is 9.51. The molecule has 4 nitrogen and oxygen atoms in total. The smallest absolute Gasteiger partial charge is 0.231 e. The Hall–Kier alpha value is -1.71. The first-order valence-electron chi connectivity index (χ1n) is 5.43. The SMILES string of the molecule is CC1Cc2cc3c(cc2CC(=O)N1)OCO3. The molecule has 2 aliphatic rings. The summed E-state index contributed by atoms with van der Waals surface area (Å²) in [6.07, 6.45) is 1.27. The van der Waals surface area contributed by atoms with Gasteiger partial charge in [0, 0.05) is 6.04 Å². The lowest BCUT2D eigenvalue weighted by Gasteiger charge is -2.09. The Morgan fingerprint density at radius 3 is 2.69 bits per heavy atom. The molecule has 1 amide bonds. The molecule has 0 spiro atoms. The Morgan fingerprint density at radius 2 is 1.94 bits per heavy atom. The lowest BCUT2D eigenvalue weighted by Crippen LogP contribution is -2.32. The van der Waals surface area contributed by atoms with E-state index in [2.05, 4.69) is 5.32 Å². The van der Waals surface area contributed by atoms with Gasteiger partial charge >= 0.3 is 0 Å². The van der Waals surface area contributed by atoms with Crippen molar-refractivity contribution in [3.8, 4) is 11.5 Å². The third-order valence-electron chi connectivity index (χ3n) is 2.98. The van der Waals surface area contributed by atoms with Crippen molar-refractivity contribution in [2.24, 2.45) is 0 Å². The molecule has 0 bridgehead atoms. The summed E-state index contributed by atoms with van der Waals surface area (Å²) in [5, 5.41) is 2.94. The van der Waals surface area contributed by atoms with Crippen LogP contribution in [0.5, 0.6) is 11.5 Å². The topological polar surface area (TPSA) is 47.6 Å². The van der Waals surface area contributed by atoms with E-state index >= 15 is 0 Å². The van der Waals surface area contributed by atoms with Crippen molar-refractivity contribution in [1.29, 1.82) is 0 Å². The van der Waals surface area contributed by atoms with Gasteiger partial charge in [-0.15, -0.1) is 0 Å². The molecular formula is C12H13NO3. The Morgan fingerprint density at radius 1 is 1.25 bits per heavy atom. The largest absolute Gasteiger partial charge is 0.454 e. The third-order valence-corrected chi connectivity index (χ3v) is 2.98. The summed E-state index contributed by atoms with van der Waals surface area (Å²) in [6.45, 7) is 2.29. The number of hydrogen-bond acceptors (Lipinski definition) is 3. The van der Waals surface area contributed by atoms with Gasteiger partial charge in [0.1, 0.15) is 0 Å². The summed E-state index contributed by atoms with van der Waals surface area (Å²) in [6, 6.07) is 4.10. The molecular weight excluding hydrogens is 206 g/mol. The summed E-state index contributed by atoms with van der Waals surface area (Å²) < 4.78 is 10.7. The van der Waals surface area contributed by atoms with Crippen LogP contribution in [-0.4, -0.2) is 18.7 Å². The van der Waals surface area contributed by atoms with Gasteiger partial charge in [0.2, 0.25) is 12.7 Å². The van der Waals surface area contributed by atoms with E-state index in [0.29, 0.717) is 6.42 Å². The molecule has 0 saturated carbocycles. The number of carbonyl (C=O) groups is 1. The first-order chi connectivity index (χ1) is 7.72. The van der Waals surface area contributed by atoms with Gasteiger partial charge in [-0.2, -0.15) is 0 Å². The van der Waals surface area contributed by atoms with Crippen LogP contribution in [0.3, 0.4) is 0 Å². The molecule has 84 valence electrons. The minimum atomic E-state index is 0.0742. The minimum Gasteiger partial charge on any atom is -0.454 e. The van der Waals surface area contributed by atoms with Crippen LogP contribution >= 0.6 is 0 Å². The second-order valence-electron chi connectivity index (χ2n) is 4.32. The lowest BCUT2D eigenvalue weighted by atomic mass is 10.00. The standard InChI is InChI=1S/C12H13NO3/c1-7-2-8-3-10-11(16-6-15-10)4-9(8)5-12(14)13-7/h3-4,7H,2,5-6H2,1H3,(H,13,14). The molecule has 16 heavy (non-hydrogen) atoms. The van der Waals surface area contributed by atoms with E-state index in [1.54, 1.807) is 0 Å². The van der Waals surface area contributed by atoms with Gasteiger partial charge in [0.25, 0.3) is 0 Å². The van der Waals surface area contributed by atoms with E-state index in [0.717, 1.165) is 23.5 Å². The first-order valence-corrected chi connectivity index (χ1v) is 5.43. The van der Waals surface area contributed by atoms with E-state index in [1.807, 2.05) is 19.1 Å². The monoisotopic (exact) mass is 219 g/mol. The van der Waals surface area contributed by atoms with Crippen molar-refractivity contribution >= 4 is 5.91 Å². The van der Waals surface area contributed by atoms with Crippen molar-refractivity contribution in [3.05, 3.63) is 23.3 Å². The van der Waals surface area contributed by atoms with Crippen molar-refractivity contribution < 1.29 is 14.3 Å².